The van der Waals surface area contributed by atoms with Crippen LogP contribution in [-0.2, 0) is 4.74 Å². The van der Waals surface area contributed by atoms with Gasteiger partial charge in [-0.15, -0.1) is 0 Å². The number of ether oxygens (including phenoxy) is 2. The van der Waals surface area contributed by atoms with Gasteiger partial charge >= 0.3 is 0 Å². The van der Waals surface area contributed by atoms with Crippen LogP contribution in [0.1, 0.15) is 6.92 Å². The van der Waals surface area contributed by atoms with E-state index in [1.165, 1.54) is 7.11 Å². The van der Waals surface area contributed by atoms with Gasteiger partial charge in [0.15, 0.2) is 11.0 Å². The molecule has 2 aromatic heterocycles. The van der Waals surface area contributed by atoms with E-state index in [0.29, 0.717) is 19.0 Å². The lowest BCUT2D eigenvalue weighted by Crippen LogP contribution is -2.42. The number of rotatable bonds is 2. The highest BCUT2D eigenvalue weighted by Gasteiger charge is 2.31. The van der Waals surface area contributed by atoms with Gasteiger partial charge in [0.05, 0.1) is 26.9 Å². The Hall–Kier alpha value is -1.48. The summed E-state index contributed by atoms with van der Waals surface area (Å²) in [5.74, 6) is -0.431. The minimum absolute atomic E-state index is 0.0767. The van der Waals surface area contributed by atoms with Gasteiger partial charge in [0, 0.05) is 6.54 Å². The third kappa shape index (κ3) is 3.19. The molecule has 2 aromatic rings. The van der Waals surface area contributed by atoms with Crippen molar-refractivity contribution in [3.63, 3.8) is 0 Å². The topological polar surface area (TPSA) is 80.6 Å². The molecule has 1 fully saturated rings. The average Bonchev–Trinajstić information content (AvgIpc) is 2.71. The van der Waals surface area contributed by atoms with Gasteiger partial charge in [-0.1, -0.05) is 11.6 Å². The molecule has 0 bridgehead atoms. The van der Waals surface area contributed by atoms with E-state index in [1.807, 2.05) is 0 Å². The van der Waals surface area contributed by atoms with Gasteiger partial charge in [-0.05, 0) is 18.5 Å². The number of fused-ring (bicyclic) bond motifs is 1. The summed E-state index contributed by atoms with van der Waals surface area (Å²) in [5.41, 5.74) is -1.20. The summed E-state index contributed by atoms with van der Waals surface area (Å²) < 4.78 is 25.0. The Morgan fingerprint density at radius 1 is 1.33 bits per heavy atom. The molecule has 24 heavy (non-hydrogen) atoms. The van der Waals surface area contributed by atoms with Crippen LogP contribution in [0.25, 0.3) is 10.9 Å². The molecule has 1 aliphatic rings. The average molecular weight is 377 g/mol. The molecule has 7 nitrogen and oxygen atoms in total. The Balaban J connectivity index is 2.25. The van der Waals surface area contributed by atoms with Crippen molar-refractivity contribution in [2.24, 2.45) is 0 Å². The standard InChI is InChI=1S/C14H15Cl2FN4O3/c1-14(22)5-21(3-4-24-6-14)11-7-9(18-13(16)20-11)8(17)10(15)19-12(7)23-2/h22H,3-6H2,1-2H3/t14-/m0/s1. The summed E-state index contributed by atoms with van der Waals surface area (Å²) in [4.78, 5) is 13.7. The van der Waals surface area contributed by atoms with Crippen LogP contribution in [0.4, 0.5) is 10.2 Å². The van der Waals surface area contributed by atoms with E-state index in [0.717, 1.165) is 0 Å². The lowest BCUT2D eigenvalue weighted by atomic mass is 10.1. The zero-order valence-corrected chi connectivity index (χ0v) is 14.5. The molecule has 1 N–H and O–H groups in total. The molecule has 0 spiro atoms. The number of β-amino-alcohol motifs (C(OH)–C–C–N with tert-alkyl or cyclic N) is 1. The molecule has 10 heteroatoms. The first kappa shape index (κ1) is 17.3. The van der Waals surface area contributed by atoms with E-state index < -0.39 is 11.4 Å². The SMILES string of the molecule is COc1nc(Cl)c(F)c2nc(Cl)nc(N3CCOC[C@@](C)(O)C3)c12. The zero-order valence-electron chi connectivity index (χ0n) is 13.0. The van der Waals surface area contributed by atoms with Crippen LogP contribution in [-0.4, -0.2) is 59.1 Å². The van der Waals surface area contributed by atoms with Gasteiger partial charge < -0.3 is 19.5 Å². The maximum absolute atomic E-state index is 14.4. The molecule has 130 valence electrons. The Kier molecular flexibility index (Phi) is 4.65. The minimum atomic E-state index is -1.11. The largest absolute Gasteiger partial charge is 0.480 e. The fraction of sp³-hybridized carbons (Fsp3) is 0.500. The second kappa shape index (κ2) is 6.44. The molecule has 1 aliphatic heterocycles. The van der Waals surface area contributed by atoms with Crippen LogP contribution in [0.15, 0.2) is 0 Å². The Bertz CT molecular complexity index is 790. The van der Waals surface area contributed by atoms with E-state index in [-0.39, 0.29) is 40.4 Å². The van der Waals surface area contributed by atoms with Gasteiger partial charge in [0.1, 0.15) is 22.3 Å². The Labute approximate surface area is 147 Å². The third-order valence-electron chi connectivity index (χ3n) is 3.61. The quantitative estimate of drug-likeness (QED) is 0.634. The number of nitrogens with zero attached hydrogens (tertiary/aromatic N) is 4. The summed E-state index contributed by atoms with van der Waals surface area (Å²) in [6.45, 7) is 2.82. The van der Waals surface area contributed by atoms with Crippen molar-refractivity contribution < 1.29 is 19.0 Å². The first-order valence-electron chi connectivity index (χ1n) is 7.14. The van der Waals surface area contributed by atoms with E-state index >= 15 is 0 Å². The monoisotopic (exact) mass is 376 g/mol. The predicted octanol–water partition coefficient (Wildman–Crippen LogP) is 2.07. The number of hydrogen-bond acceptors (Lipinski definition) is 7. The second-order valence-corrected chi connectivity index (χ2v) is 6.43. The number of hydrogen-bond donors (Lipinski definition) is 1. The van der Waals surface area contributed by atoms with Crippen molar-refractivity contribution in [3.8, 4) is 5.88 Å². The normalized spacial score (nSPS) is 21.8. The highest BCUT2D eigenvalue weighted by molar-refractivity contribution is 6.31. The fourth-order valence-corrected chi connectivity index (χ4v) is 2.96. The summed E-state index contributed by atoms with van der Waals surface area (Å²) >= 11 is 11.8. The van der Waals surface area contributed by atoms with Crippen molar-refractivity contribution in [2.75, 3.05) is 38.3 Å². The highest BCUT2D eigenvalue weighted by Crippen LogP contribution is 2.36. The van der Waals surface area contributed by atoms with Gasteiger partial charge in [0.2, 0.25) is 11.2 Å². The van der Waals surface area contributed by atoms with Crippen LogP contribution >= 0.6 is 23.2 Å². The van der Waals surface area contributed by atoms with Crippen LogP contribution in [0.3, 0.4) is 0 Å². The zero-order chi connectivity index (χ0) is 17.5. The number of aromatic nitrogens is 3. The lowest BCUT2D eigenvalue weighted by Gasteiger charge is -2.29. The van der Waals surface area contributed by atoms with E-state index in [9.17, 15) is 9.50 Å². The minimum Gasteiger partial charge on any atom is -0.480 e. The molecule has 0 amide bonds. The summed E-state index contributed by atoms with van der Waals surface area (Å²) in [6, 6.07) is 0. The molecule has 0 unspecified atom stereocenters. The summed E-state index contributed by atoms with van der Waals surface area (Å²) in [5, 5.41) is 10.1. The predicted molar refractivity (Wildman–Crippen MR) is 87.5 cm³/mol. The van der Waals surface area contributed by atoms with Crippen molar-refractivity contribution in [1.82, 2.24) is 15.0 Å². The van der Waals surface area contributed by atoms with Crippen molar-refractivity contribution in [3.05, 3.63) is 16.3 Å². The first-order valence-corrected chi connectivity index (χ1v) is 7.89. The van der Waals surface area contributed by atoms with Crippen molar-refractivity contribution >= 4 is 39.9 Å². The lowest BCUT2D eigenvalue weighted by molar-refractivity contribution is -0.0123. The molecular weight excluding hydrogens is 362 g/mol. The Morgan fingerprint density at radius 3 is 2.79 bits per heavy atom. The van der Waals surface area contributed by atoms with Crippen LogP contribution in [0, 0.1) is 5.82 Å². The number of halogens is 3. The summed E-state index contributed by atoms with van der Waals surface area (Å²) in [7, 11) is 1.39. The molecule has 0 aromatic carbocycles. The van der Waals surface area contributed by atoms with E-state index in [2.05, 4.69) is 15.0 Å². The first-order chi connectivity index (χ1) is 11.3. The number of methoxy groups -OCH3 is 1. The Morgan fingerprint density at radius 2 is 2.08 bits per heavy atom. The van der Waals surface area contributed by atoms with Crippen LogP contribution in [0.5, 0.6) is 5.88 Å². The second-order valence-electron chi connectivity index (χ2n) is 5.74. The van der Waals surface area contributed by atoms with E-state index in [4.69, 9.17) is 32.7 Å². The van der Waals surface area contributed by atoms with Gasteiger partial charge in [0.25, 0.3) is 0 Å². The maximum Gasteiger partial charge on any atom is 0.228 e. The van der Waals surface area contributed by atoms with Crippen LogP contribution in [0.2, 0.25) is 10.4 Å². The number of pyridine rings is 1. The molecule has 0 aliphatic carbocycles. The number of anilines is 1. The van der Waals surface area contributed by atoms with Crippen molar-refractivity contribution in [1.29, 1.82) is 0 Å². The smallest absolute Gasteiger partial charge is 0.228 e. The maximum atomic E-state index is 14.4. The molecule has 0 saturated carbocycles. The summed E-state index contributed by atoms with van der Waals surface area (Å²) in [6.07, 6.45) is 0. The van der Waals surface area contributed by atoms with Crippen LogP contribution < -0.4 is 9.64 Å². The molecule has 1 saturated heterocycles. The van der Waals surface area contributed by atoms with Crippen molar-refractivity contribution in [2.45, 2.75) is 12.5 Å². The highest BCUT2D eigenvalue weighted by atomic mass is 35.5. The fourth-order valence-electron chi connectivity index (χ4n) is 2.63. The van der Waals surface area contributed by atoms with E-state index in [1.54, 1.807) is 11.8 Å². The van der Waals surface area contributed by atoms with Gasteiger partial charge in [-0.3, -0.25) is 0 Å². The molecule has 3 rings (SSSR count). The van der Waals surface area contributed by atoms with Gasteiger partial charge in [-0.2, -0.15) is 9.97 Å². The molecule has 3 heterocycles. The third-order valence-corrected chi connectivity index (χ3v) is 4.03. The number of aliphatic hydroxyl groups is 1. The van der Waals surface area contributed by atoms with Gasteiger partial charge in [-0.25, -0.2) is 9.37 Å². The molecule has 1 atom stereocenters. The molecule has 0 radical (unpaired) electrons. The molecular formula is C14H15Cl2FN4O3.